The number of hydrogen-bond acceptors (Lipinski definition) is 2. The second kappa shape index (κ2) is 2.58. The standard InChI is InChI=1S/C11H11ClO2S/c12-15(13,14)11-6-10(7-11,8-11)9-4-2-1-3-5-9/h1-5H,6-8H2. The van der Waals surface area contributed by atoms with Crippen molar-refractivity contribution in [2.24, 2.45) is 0 Å². The quantitative estimate of drug-likeness (QED) is 0.747. The van der Waals surface area contributed by atoms with Crippen LogP contribution in [-0.2, 0) is 14.5 Å². The fraction of sp³-hybridized carbons (Fsp3) is 0.455. The van der Waals surface area contributed by atoms with Gasteiger partial charge in [0.25, 0.3) is 0 Å². The number of hydrogen-bond donors (Lipinski definition) is 0. The molecule has 0 heterocycles. The zero-order chi connectivity index (χ0) is 10.7. The Bertz CT molecular complexity index is 487. The Morgan fingerprint density at radius 1 is 1.07 bits per heavy atom. The molecule has 0 N–H and O–H groups in total. The first-order chi connectivity index (χ1) is 6.98. The zero-order valence-corrected chi connectivity index (χ0v) is 9.68. The second-order valence-corrected chi connectivity index (χ2v) is 7.76. The van der Waals surface area contributed by atoms with E-state index in [1.165, 1.54) is 5.56 Å². The lowest BCUT2D eigenvalue weighted by molar-refractivity contribution is 0.00145. The first-order valence-electron chi connectivity index (χ1n) is 4.97. The highest BCUT2D eigenvalue weighted by atomic mass is 35.7. The van der Waals surface area contributed by atoms with E-state index in [4.69, 9.17) is 10.7 Å². The van der Waals surface area contributed by atoms with Gasteiger partial charge in [-0.25, -0.2) is 8.42 Å². The maximum atomic E-state index is 11.3. The average Bonchev–Trinajstić information content (AvgIpc) is 1.98. The van der Waals surface area contributed by atoms with E-state index >= 15 is 0 Å². The van der Waals surface area contributed by atoms with Crippen LogP contribution in [0.1, 0.15) is 24.8 Å². The van der Waals surface area contributed by atoms with Gasteiger partial charge in [0.05, 0.1) is 4.75 Å². The monoisotopic (exact) mass is 242 g/mol. The van der Waals surface area contributed by atoms with Crippen molar-refractivity contribution in [1.29, 1.82) is 0 Å². The number of halogens is 1. The predicted octanol–water partition coefficient (Wildman–Crippen LogP) is 2.43. The van der Waals surface area contributed by atoms with Crippen LogP contribution in [-0.4, -0.2) is 13.2 Å². The normalized spacial score (nSPS) is 37.9. The molecule has 3 aliphatic rings. The van der Waals surface area contributed by atoms with Crippen molar-refractivity contribution < 1.29 is 8.42 Å². The first kappa shape index (κ1) is 9.67. The summed E-state index contributed by atoms with van der Waals surface area (Å²) in [4.78, 5) is 0. The van der Waals surface area contributed by atoms with Crippen LogP contribution < -0.4 is 0 Å². The third-order valence-electron chi connectivity index (χ3n) is 3.89. The molecular weight excluding hydrogens is 232 g/mol. The SMILES string of the molecule is O=S(=O)(Cl)C12CC(c3ccccc3)(C1)C2. The zero-order valence-electron chi connectivity index (χ0n) is 8.11. The van der Waals surface area contributed by atoms with Gasteiger partial charge in [-0.05, 0) is 30.2 Å². The van der Waals surface area contributed by atoms with E-state index in [2.05, 4.69) is 12.1 Å². The molecule has 0 spiro atoms. The van der Waals surface area contributed by atoms with Gasteiger partial charge in [-0.2, -0.15) is 0 Å². The van der Waals surface area contributed by atoms with Crippen molar-refractivity contribution in [3.05, 3.63) is 35.9 Å². The number of benzene rings is 1. The Morgan fingerprint density at radius 3 is 2.07 bits per heavy atom. The molecule has 0 saturated heterocycles. The summed E-state index contributed by atoms with van der Waals surface area (Å²) in [5.41, 5.74) is 1.37. The van der Waals surface area contributed by atoms with Crippen molar-refractivity contribution >= 4 is 19.7 Å². The molecule has 0 aliphatic heterocycles. The van der Waals surface area contributed by atoms with Gasteiger partial charge in [0, 0.05) is 10.7 Å². The van der Waals surface area contributed by atoms with Crippen molar-refractivity contribution in [3.63, 3.8) is 0 Å². The molecule has 2 bridgehead atoms. The van der Waals surface area contributed by atoms with Gasteiger partial charge in [0.1, 0.15) is 0 Å². The summed E-state index contributed by atoms with van der Waals surface area (Å²) in [7, 11) is 2.06. The fourth-order valence-corrected chi connectivity index (χ4v) is 4.89. The number of rotatable bonds is 2. The Balaban J connectivity index is 1.88. The summed E-state index contributed by atoms with van der Waals surface area (Å²) in [6, 6.07) is 10.1. The van der Waals surface area contributed by atoms with Crippen LogP contribution >= 0.6 is 10.7 Å². The minimum absolute atomic E-state index is 0.114. The minimum Gasteiger partial charge on any atom is -0.212 e. The molecule has 1 aromatic rings. The van der Waals surface area contributed by atoms with Crippen LogP contribution in [0.25, 0.3) is 0 Å². The topological polar surface area (TPSA) is 34.1 Å². The van der Waals surface area contributed by atoms with Gasteiger partial charge in [0.2, 0.25) is 9.05 Å². The molecule has 0 atom stereocenters. The van der Waals surface area contributed by atoms with Crippen LogP contribution in [0.5, 0.6) is 0 Å². The van der Waals surface area contributed by atoms with E-state index in [1.54, 1.807) is 0 Å². The largest absolute Gasteiger partial charge is 0.238 e. The van der Waals surface area contributed by atoms with E-state index < -0.39 is 13.8 Å². The lowest BCUT2D eigenvalue weighted by atomic mass is 9.41. The maximum Gasteiger partial charge on any atom is 0.238 e. The van der Waals surface area contributed by atoms with Crippen LogP contribution in [0.15, 0.2) is 30.3 Å². The molecule has 0 amide bonds. The third kappa shape index (κ3) is 1.08. The van der Waals surface area contributed by atoms with Crippen molar-refractivity contribution in [3.8, 4) is 0 Å². The summed E-state index contributed by atoms with van der Waals surface area (Å²) in [5.74, 6) is 0. The fourth-order valence-electron chi connectivity index (χ4n) is 3.05. The minimum atomic E-state index is -3.37. The third-order valence-corrected chi connectivity index (χ3v) is 6.33. The molecule has 2 nitrogen and oxygen atoms in total. The molecule has 80 valence electrons. The molecule has 4 heteroatoms. The van der Waals surface area contributed by atoms with Gasteiger partial charge in [-0.15, -0.1) is 0 Å². The lowest BCUT2D eigenvalue weighted by Crippen LogP contribution is -2.71. The molecule has 0 unspecified atom stereocenters. The summed E-state index contributed by atoms with van der Waals surface area (Å²) in [6.07, 6.45) is 2.11. The van der Waals surface area contributed by atoms with Gasteiger partial charge in [0.15, 0.2) is 0 Å². The first-order valence-corrected chi connectivity index (χ1v) is 7.28. The Morgan fingerprint density at radius 2 is 1.60 bits per heavy atom. The maximum absolute atomic E-state index is 11.3. The molecule has 0 radical (unpaired) electrons. The van der Waals surface area contributed by atoms with Gasteiger partial charge in [-0.3, -0.25) is 0 Å². The second-order valence-electron chi connectivity index (χ2n) is 4.80. The lowest BCUT2D eigenvalue weighted by Gasteiger charge is -2.68. The van der Waals surface area contributed by atoms with Crippen LogP contribution in [0, 0.1) is 0 Å². The summed E-state index contributed by atoms with van der Waals surface area (Å²) in [5, 5.41) is 0. The Kier molecular flexibility index (Phi) is 1.66. The summed E-state index contributed by atoms with van der Waals surface area (Å²) < 4.78 is 22.0. The van der Waals surface area contributed by atoms with Gasteiger partial charge in [-0.1, -0.05) is 30.3 Å². The van der Waals surface area contributed by atoms with Crippen molar-refractivity contribution in [2.75, 3.05) is 0 Å². The predicted molar refractivity (Wildman–Crippen MR) is 59.5 cm³/mol. The molecule has 3 aliphatic carbocycles. The van der Waals surface area contributed by atoms with E-state index in [9.17, 15) is 8.42 Å². The molecule has 1 aromatic carbocycles. The highest BCUT2D eigenvalue weighted by Gasteiger charge is 2.74. The Labute approximate surface area is 93.7 Å². The smallest absolute Gasteiger partial charge is 0.212 e. The van der Waals surface area contributed by atoms with Crippen LogP contribution in [0.3, 0.4) is 0 Å². The molecular formula is C11H11ClO2S. The summed E-state index contributed by atoms with van der Waals surface area (Å²) in [6.45, 7) is 0. The van der Waals surface area contributed by atoms with Crippen molar-refractivity contribution in [1.82, 2.24) is 0 Å². The van der Waals surface area contributed by atoms with Gasteiger partial charge >= 0.3 is 0 Å². The molecule has 15 heavy (non-hydrogen) atoms. The molecule has 0 aromatic heterocycles. The van der Waals surface area contributed by atoms with Crippen LogP contribution in [0.2, 0.25) is 0 Å². The highest BCUT2D eigenvalue weighted by Crippen LogP contribution is 2.71. The highest BCUT2D eigenvalue weighted by molar-refractivity contribution is 8.15. The summed E-state index contributed by atoms with van der Waals surface area (Å²) >= 11 is 0. The molecule has 4 rings (SSSR count). The van der Waals surface area contributed by atoms with Crippen molar-refractivity contribution in [2.45, 2.75) is 29.4 Å². The molecule has 3 saturated carbocycles. The van der Waals surface area contributed by atoms with E-state index in [0.717, 1.165) is 0 Å². The van der Waals surface area contributed by atoms with E-state index in [1.807, 2.05) is 18.2 Å². The van der Waals surface area contributed by atoms with Crippen LogP contribution in [0.4, 0.5) is 0 Å². The molecule has 3 fully saturated rings. The van der Waals surface area contributed by atoms with E-state index in [-0.39, 0.29) is 5.41 Å². The van der Waals surface area contributed by atoms with Gasteiger partial charge < -0.3 is 0 Å². The van der Waals surface area contributed by atoms with E-state index in [0.29, 0.717) is 19.3 Å². The Hall–Kier alpha value is -0.540. The average molecular weight is 243 g/mol.